The van der Waals surface area contributed by atoms with Gasteiger partial charge in [0.15, 0.2) is 0 Å². The van der Waals surface area contributed by atoms with E-state index in [0.29, 0.717) is 12.8 Å². The third-order valence-corrected chi connectivity index (χ3v) is 8.12. The van der Waals surface area contributed by atoms with Crippen LogP contribution in [0.15, 0.2) is 72.9 Å². The molecule has 0 saturated carbocycles. The summed E-state index contributed by atoms with van der Waals surface area (Å²) < 4.78 is 5.96. The van der Waals surface area contributed by atoms with Gasteiger partial charge in [0, 0.05) is 12.8 Å². The van der Waals surface area contributed by atoms with Crippen molar-refractivity contribution in [1.29, 1.82) is 0 Å². The van der Waals surface area contributed by atoms with E-state index in [-0.39, 0.29) is 24.5 Å². The van der Waals surface area contributed by atoms with Gasteiger partial charge >= 0.3 is 11.9 Å². The summed E-state index contributed by atoms with van der Waals surface area (Å²) in [6.45, 7) is 4.05. The maximum absolute atomic E-state index is 12.7. The fraction of sp³-hybridized carbons (Fsp3) is 0.651. The van der Waals surface area contributed by atoms with Crippen LogP contribution in [0.5, 0.6) is 0 Å². The maximum atomic E-state index is 12.7. The van der Waals surface area contributed by atoms with Crippen LogP contribution in [-0.4, -0.2) is 35.6 Å². The van der Waals surface area contributed by atoms with Crippen molar-refractivity contribution in [3.8, 4) is 0 Å². The number of carboxylic acid groups (broad SMARTS) is 1. The summed E-state index contributed by atoms with van der Waals surface area (Å²) in [6.07, 6.45) is 50.1. The highest BCUT2D eigenvalue weighted by Crippen LogP contribution is 2.17. The molecule has 0 heterocycles. The molecule has 2 N–H and O–H groups in total. The number of carbonyl (C=O) groups is 3. The molecule has 0 bridgehead atoms. The largest absolute Gasteiger partial charge is 0.480 e. The molecular weight excluding hydrogens is 610 g/mol. The summed E-state index contributed by atoms with van der Waals surface area (Å²) >= 11 is 0. The van der Waals surface area contributed by atoms with E-state index < -0.39 is 5.97 Å². The molecule has 0 saturated heterocycles. The molecule has 6 nitrogen and oxygen atoms in total. The number of amides is 1. The monoisotopic (exact) mass is 682 g/mol. The van der Waals surface area contributed by atoms with Crippen LogP contribution in [0.4, 0.5) is 0 Å². The van der Waals surface area contributed by atoms with Gasteiger partial charge in [-0.25, -0.2) is 0 Å². The van der Waals surface area contributed by atoms with Crippen molar-refractivity contribution >= 4 is 17.8 Å². The van der Waals surface area contributed by atoms with E-state index in [4.69, 9.17) is 9.84 Å². The van der Waals surface area contributed by atoms with Crippen molar-refractivity contribution in [2.75, 3.05) is 6.54 Å². The van der Waals surface area contributed by atoms with Gasteiger partial charge in [-0.05, 0) is 89.9 Å². The second kappa shape index (κ2) is 37.7. The number of ether oxygens (including phenoxy) is 1. The molecule has 0 aliphatic carbocycles. The lowest BCUT2D eigenvalue weighted by Gasteiger charge is -2.17. The van der Waals surface area contributed by atoms with E-state index in [9.17, 15) is 14.4 Å². The minimum atomic E-state index is -1.03. The van der Waals surface area contributed by atoms with Crippen LogP contribution in [0.2, 0.25) is 0 Å². The van der Waals surface area contributed by atoms with E-state index in [0.717, 1.165) is 109 Å². The number of carbonyl (C=O) groups excluding carboxylic acids is 2. The Balaban J connectivity index is 4.36. The van der Waals surface area contributed by atoms with Gasteiger partial charge in [-0.3, -0.25) is 14.4 Å². The first kappa shape index (κ1) is 45.9. The summed E-state index contributed by atoms with van der Waals surface area (Å²) in [5.74, 6) is -1.31. The molecule has 0 fully saturated rings. The van der Waals surface area contributed by atoms with E-state index in [2.05, 4.69) is 92.1 Å². The molecule has 0 spiro atoms. The number of esters is 1. The van der Waals surface area contributed by atoms with Crippen LogP contribution < -0.4 is 5.32 Å². The van der Waals surface area contributed by atoms with Crippen LogP contribution in [-0.2, 0) is 19.1 Å². The first-order valence-electron chi connectivity index (χ1n) is 19.6. The number of carboxylic acids is 1. The summed E-state index contributed by atoms with van der Waals surface area (Å²) in [7, 11) is 0. The molecule has 6 heteroatoms. The quantitative estimate of drug-likeness (QED) is 0.0400. The number of hydrogen-bond acceptors (Lipinski definition) is 4. The zero-order chi connectivity index (χ0) is 35.9. The van der Waals surface area contributed by atoms with Crippen molar-refractivity contribution in [2.24, 2.45) is 0 Å². The predicted octanol–water partition coefficient (Wildman–Crippen LogP) is 11.8. The topological polar surface area (TPSA) is 92.7 Å². The van der Waals surface area contributed by atoms with Gasteiger partial charge in [-0.15, -0.1) is 0 Å². The average Bonchev–Trinajstić information content (AvgIpc) is 3.08. The van der Waals surface area contributed by atoms with Gasteiger partial charge in [-0.2, -0.15) is 0 Å². The summed E-state index contributed by atoms with van der Waals surface area (Å²) in [4.78, 5) is 34.9. The Morgan fingerprint density at radius 3 is 1.63 bits per heavy atom. The molecule has 1 atom stereocenters. The Kier molecular flexibility index (Phi) is 35.2. The van der Waals surface area contributed by atoms with E-state index >= 15 is 0 Å². The molecule has 49 heavy (non-hydrogen) atoms. The lowest BCUT2D eigenvalue weighted by molar-refractivity contribution is -0.150. The van der Waals surface area contributed by atoms with Crippen LogP contribution in [0.1, 0.15) is 168 Å². The van der Waals surface area contributed by atoms with E-state index in [1.807, 2.05) is 0 Å². The Hall–Kier alpha value is -3.15. The number of unbranched alkanes of at least 4 members (excludes halogenated alkanes) is 11. The SMILES string of the molecule is CC/C=C\C/C=C\C/C=C\C/C=C\CCC(CCCCCCCC(=O)NCC(=O)O)OC(=O)CCCCCCC/C=C\C/C=C\CCCC. The molecule has 0 aromatic heterocycles. The minimum absolute atomic E-state index is 0.0605. The second-order valence-corrected chi connectivity index (χ2v) is 12.8. The fourth-order valence-electron chi connectivity index (χ4n) is 5.23. The zero-order valence-electron chi connectivity index (χ0n) is 31.3. The summed E-state index contributed by atoms with van der Waals surface area (Å²) in [5.41, 5.74) is 0. The molecule has 0 aromatic carbocycles. The number of rotatable bonds is 34. The van der Waals surface area contributed by atoms with Crippen LogP contribution in [0.3, 0.4) is 0 Å². The smallest absolute Gasteiger partial charge is 0.322 e. The lowest BCUT2D eigenvalue weighted by Crippen LogP contribution is -2.28. The molecule has 0 aliphatic heterocycles. The number of allylic oxidation sites excluding steroid dienone is 12. The Bertz CT molecular complexity index is 975. The van der Waals surface area contributed by atoms with Gasteiger partial charge < -0.3 is 15.2 Å². The zero-order valence-corrected chi connectivity index (χ0v) is 31.3. The maximum Gasteiger partial charge on any atom is 0.322 e. The van der Waals surface area contributed by atoms with Crippen LogP contribution in [0.25, 0.3) is 0 Å². The number of aliphatic carboxylic acids is 1. The number of hydrogen-bond donors (Lipinski definition) is 2. The Morgan fingerprint density at radius 2 is 1.04 bits per heavy atom. The molecule has 1 amide bonds. The fourth-order valence-corrected chi connectivity index (χ4v) is 5.23. The first-order chi connectivity index (χ1) is 24.0. The normalized spacial score (nSPS) is 12.9. The van der Waals surface area contributed by atoms with Gasteiger partial charge in [-0.1, -0.05) is 138 Å². The van der Waals surface area contributed by atoms with Gasteiger partial charge in [0.05, 0.1) is 0 Å². The highest BCUT2D eigenvalue weighted by atomic mass is 16.5. The van der Waals surface area contributed by atoms with E-state index in [1.54, 1.807) is 0 Å². The van der Waals surface area contributed by atoms with Gasteiger partial charge in [0.25, 0.3) is 0 Å². The summed E-state index contributed by atoms with van der Waals surface area (Å²) in [6, 6.07) is 0. The Morgan fingerprint density at radius 1 is 0.551 bits per heavy atom. The highest BCUT2D eigenvalue weighted by Gasteiger charge is 2.14. The highest BCUT2D eigenvalue weighted by molar-refractivity contribution is 5.80. The second-order valence-electron chi connectivity index (χ2n) is 12.8. The molecule has 0 aliphatic rings. The van der Waals surface area contributed by atoms with Crippen molar-refractivity contribution in [3.63, 3.8) is 0 Å². The Labute approximate surface area is 300 Å². The third-order valence-electron chi connectivity index (χ3n) is 8.12. The minimum Gasteiger partial charge on any atom is -0.480 e. The summed E-state index contributed by atoms with van der Waals surface area (Å²) in [5, 5.41) is 11.1. The molecule has 278 valence electrons. The van der Waals surface area contributed by atoms with Crippen molar-refractivity contribution in [2.45, 2.75) is 174 Å². The third kappa shape index (κ3) is 37.5. The van der Waals surface area contributed by atoms with Crippen LogP contribution >= 0.6 is 0 Å². The lowest BCUT2D eigenvalue weighted by atomic mass is 10.0. The van der Waals surface area contributed by atoms with Crippen molar-refractivity contribution in [1.82, 2.24) is 5.32 Å². The first-order valence-corrected chi connectivity index (χ1v) is 19.6. The van der Waals surface area contributed by atoms with Crippen LogP contribution in [0, 0.1) is 0 Å². The molecule has 0 radical (unpaired) electrons. The standard InChI is InChI=1S/C43H71NO5/c1-3-5-7-9-11-13-15-17-19-21-23-25-30-34-38-43(48)49-40(36-32-28-26-29-33-37-41(45)44-39-42(46)47)35-31-27-24-22-20-18-16-14-12-10-8-6-4-2/h6,8-9,11-12,14-15,17-18,20,24,27,40H,3-5,7,10,13,16,19,21-23,25-26,28-39H2,1-2H3,(H,44,45)(H,46,47)/b8-6-,11-9-,14-12-,17-15-,20-18-,27-24-. The predicted molar refractivity (Wildman–Crippen MR) is 208 cm³/mol. The van der Waals surface area contributed by atoms with E-state index in [1.165, 1.54) is 32.1 Å². The number of nitrogens with one attached hydrogen (secondary N) is 1. The van der Waals surface area contributed by atoms with Crippen molar-refractivity contribution in [3.05, 3.63) is 72.9 Å². The molecule has 1 unspecified atom stereocenters. The molecule has 0 aromatic rings. The van der Waals surface area contributed by atoms with Gasteiger partial charge in [0.1, 0.15) is 12.6 Å². The van der Waals surface area contributed by atoms with Crippen molar-refractivity contribution < 1.29 is 24.2 Å². The average molecular weight is 682 g/mol. The molecule has 0 rings (SSSR count). The molecular formula is C43H71NO5. The van der Waals surface area contributed by atoms with Gasteiger partial charge in [0.2, 0.25) is 5.91 Å².